The number of phenols is 4. The number of aromatic hydroxyl groups is 4. The van der Waals surface area contributed by atoms with Gasteiger partial charge in [-0.1, -0.05) is 110 Å². The Morgan fingerprint density at radius 2 is 0.976 bits per heavy atom. The number of rotatable bonds is 5. The van der Waals surface area contributed by atoms with Gasteiger partial charge in [0.1, 0.15) is 0 Å². The van der Waals surface area contributed by atoms with Crippen LogP contribution in [0.5, 0.6) is 23.0 Å². The fourth-order valence-electron chi connectivity index (χ4n) is 5.73. The van der Waals surface area contributed by atoms with Crippen LogP contribution >= 0.6 is 0 Å². The van der Waals surface area contributed by atoms with Crippen molar-refractivity contribution >= 4 is 33.7 Å². The Morgan fingerprint density at radius 1 is 0.488 bits per heavy atom. The van der Waals surface area contributed by atoms with Gasteiger partial charge in [-0.05, 0) is 67.9 Å². The van der Waals surface area contributed by atoms with Gasteiger partial charge >= 0.3 is 0 Å². The Kier molecular flexibility index (Phi) is 6.24. The number of hydrogen-bond acceptors (Lipinski definition) is 4. The Balaban J connectivity index is 1.60. The maximum Gasteiger partial charge on any atom is 0.169 e. The largest absolute Gasteiger partial charge is 0.504 e. The van der Waals surface area contributed by atoms with Crippen LogP contribution in [-0.2, 0) is 0 Å². The van der Waals surface area contributed by atoms with E-state index in [1.165, 1.54) is 17.7 Å². The van der Waals surface area contributed by atoms with E-state index in [0.717, 1.165) is 33.2 Å². The van der Waals surface area contributed by atoms with Crippen LogP contribution in [0.2, 0.25) is 0 Å². The molecule has 4 N–H and O–H groups in total. The van der Waals surface area contributed by atoms with Gasteiger partial charge in [-0.15, -0.1) is 0 Å². The molecule has 0 spiro atoms. The van der Waals surface area contributed by atoms with E-state index in [1.54, 1.807) is 12.2 Å². The zero-order chi connectivity index (χ0) is 28.8. The van der Waals surface area contributed by atoms with Crippen LogP contribution in [0.1, 0.15) is 16.7 Å². The Labute approximate surface area is 238 Å². The van der Waals surface area contributed by atoms with Crippen molar-refractivity contribution < 1.29 is 20.4 Å². The average Bonchev–Trinajstić information content (AvgIpc) is 3.02. The minimum Gasteiger partial charge on any atom is -0.504 e. The van der Waals surface area contributed by atoms with Crippen molar-refractivity contribution in [2.45, 2.75) is 6.92 Å². The zero-order valence-electron chi connectivity index (χ0n) is 22.5. The third kappa shape index (κ3) is 4.00. The van der Waals surface area contributed by atoms with Gasteiger partial charge in [-0.2, -0.15) is 0 Å². The first-order chi connectivity index (χ1) is 19.8. The van der Waals surface area contributed by atoms with Gasteiger partial charge < -0.3 is 20.4 Å². The normalized spacial score (nSPS) is 11.1. The highest BCUT2D eigenvalue weighted by molar-refractivity contribution is 6.13. The number of phenolic OH excluding ortho intramolecular Hbond substituents is 4. The topological polar surface area (TPSA) is 80.9 Å². The smallest absolute Gasteiger partial charge is 0.169 e. The van der Waals surface area contributed by atoms with Crippen molar-refractivity contribution in [1.29, 1.82) is 0 Å². The molecule has 4 heteroatoms. The summed E-state index contributed by atoms with van der Waals surface area (Å²) in [6.45, 7) is 9.53. The molecule has 0 radical (unpaired) electrons. The summed E-state index contributed by atoms with van der Waals surface area (Å²) in [4.78, 5) is 0. The lowest BCUT2D eigenvalue weighted by Crippen LogP contribution is -1.97. The Bertz CT molecular complexity index is 1990. The van der Waals surface area contributed by atoms with Crippen LogP contribution in [0, 0.1) is 6.92 Å². The van der Waals surface area contributed by atoms with Crippen LogP contribution in [-0.4, -0.2) is 20.4 Å². The molecule has 6 rings (SSSR count). The van der Waals surface area contributed by atoms with Gasteiger partial charge in [0.15, 0.2) is 23.0 Å². The van der Waals surface area contributed by atoms with E-state index in [2.05, 4.69) is 67.8 Å². The molecule has 41 heavy (non-hydrogen) atoms. The molecule has 200 valence electrons. The molecule has 0 fully saturated rings. The van der Waals surface area contributed by atoms with Gasteiger partial charge in [0, 0.05) is 11.1 Å². The van der Waals surface area contributed by atoms with Gasteiger partial charge in [0.25, 0.3) is 0 Å². The fourth-order valence-corrected chi connectivity index (χ4v) is 5.73. The molecule has 6 aromatic carbocycles. The molecule has 0 aliphatic carbocycles. The maximum absolute atomic E-state index is 11.0. The molecule has 0 saturated heterocycles. The predicted molar refractivity (Wildman–Crippen MR) is 169 cm³/mol. The molecular weight excluding hydrogens is 508 g/mol. The molecule has 0 heterocycles. The van der Waals surface area contributed by atoms with Crippen molar-refractivity contribution in [2.75, 3.05) is 0 Å². The average molecular weight is 537 g/mol. The van der Waals surface area contributed by atoms with Crippen molar-refractivity contribution in [3.63, 3.8) is 0 Å². The lowest BCUT2D eigenvalue weighted by molar-refractivity contribution is 0.371. The monoisotopic (exact) mass is 536 g/mol. The van der Waals surface area contributed by atoms with Crippen LogP contribution in [0.4, 0.5) is 0 Å². The molecule has 0 unspecified atom stereocenters. The lowest BCUT2D eigenvalue weighted by Gasteiger charge is -2.22. The summed E-state index contributed by atoms with van der Waals surface area (Å²) < 4.78 is 0. The third-order valence-corrected chi connectivity index (χ3v) is 7.84. The summed E-state index contributed by atoms with van der Waals surface area (Å²) >= 11 is 0. The molecule has 0 aliphatic heterocycles. The SMILES string of the molecule is C=Cc1c(C=C)c(-c2c(O)c(O)c(C)c(O)c2O)c2ccccc2c1-c1ccc(-c2ccc3ccccc3c2)cc1. The maximum atomic E-state index is 11.0. The summed E-state index contributed by atoms with van der Waals surface area (Å²) in [7, 11) is 0. The van der Waals surface area contributed by atoms with Crippen molar-refractivity contribution in [3.8, 4) is 56.4 Å². The second-order valence-electron chi connectivity index (χ2n) is 10.1. The number of fused-ring (bicyclic) bond motifs is 2. The van der Waals surface area contributed by atoms with Gasteiger partial charge in [-0.3, -0.25) is 0 Å². The van der Waals surface area contributed by atoms with Crippen molar-refractivity contribution in [2.24, 2.45) is 0 Å². The highest BCUT2D eigenvalue weighted by Gasteiger charge is 2.27. The molecule has 0 aliphatic rings. The minimum atomic E-state index is -0.520. The van der Waals surface area contributed by atoms with E-state index >= 15 is 0 Å². The van der Waals surface area contributed by atoms with E-state index in [-0.39, 0.29) is 11.1 Å². The number of hydrogen-bond donors (Lipinski definition) is 4. The highest BCUT2D eigenvalue weighted by atomic mass is 16.3. The van der Waals surface area contributed by atoms with E-state index in [9.17, 15) is 20.4 Å². The van der Waals surface area contributed by atoms with E-state index in [1.807, 2.05) is 36.4 Å². The van der Waals surface area contributed by atoms with E-state index in [0.29, 0.717) is 16.5 Å². The first kappa shape index (κ1) is 25.8. The second-order valence-corrected chi connectivity index (χ2v) is 10.1. The van der Waals surface area contributed by atoms with Crippen molar-refractivity contribution in [3.05, 3.63) is 121 Å². The standard InChI is InChI=1S/C37H28O4/c1-4-27-28(5-2)32(33-36(40)34(38)21(3)35(39)37(33)41)30-13-9-8-12-29(30)31(27)24-17-14-23(15-18-24)26-19-16-22-10-6-7-11-25(22)20-26/h4-20,38-41H,1-2H2,3H3. The lowest BCUT2D eigenvalue weighted by atomic mass is 9.82. The summed E-state index contributed by atoms with van der Waals surface area (Å²) in [5.41, 5.74) is 5.77. The van der Waals surface area contributed by atoms with Gasteiger partial charge in [0.2, 0.25) is 0 Å². The van der Waals surface area contributed by atoms with Gasteiger partial charge in [-0.25, -0.2) is 0 Å². The summed E-state index contributed by atoms with van der Waals surface area (Å²) in [6.07, 6.45) is 3.36. The molecule has 0 bridgehead atoms. The fraction of sp³-hybridized carbons (Fsp3) is 0.0270. The van der Waals surface area contributed by atoms with E-state index < -0.39 is 23.0 Å². The van der Waals surface area contributed by atoms with Crippen molar-refractivity contribution in [1.82, 2.24) is 0 Å². The Hall–Kier alpha value is -5.48. The summed E-state index contributed by atoms with van der Waals surface area (Å²) in [5, 5.41) is 47.0. The molecule has 6 aromatic rings. The van der Waals surface area contributed by atoms with Crippen LogP contribution in [0.25, 0.3) is 67.1 Å². The second kappa shape index (κ2) is 9.92. The van der Waals surface area contributed by atoms with E-state index in [4.69, 9.17) is 0 Å². The molecule has 0 amide bonds. The molecule has 0 saturated carbocycles. The zero-order valence-corrected chi connectivity index (χ0v) is 22.5. The minimum absolute atomic E-state index is 0.0136. The molecule has 0 atom stereocenters. The third-order valence-electron chi connectivity index (χ3n) is 7.84. The highest BCUT2D eigenvalue weighted by Crippen LogP contribution is 2.55. The van der Waals surface area contributed by atoms with Gasteiger partial charge in [0.05, 0.1) is 5.56 Å². The quantitative estimate of drug-likeness (QED) is 0.131. The first-order valence-electron chi connectivity index (χ1n) is 13.3. The van der Waals surface area contributed by atoms with Crippen LogP contribution in [0.3, 0.4) is 0 Å². The van der Waals surface area contributed by atoms with Crippen LogP contribution < -0.4 is 0 Å². The molecular formula is C37H28O4. The molecule has 4 nitrogen and oxygen atoms in total. The number of benzene rings is 6. The predicted octanol–water partition coefficient (Wildman–Crippen LogP) is 9.41. The first-order valence-corrected chi connectivity index (χ1v) is 13.3. The summed E-state index contributed by atoms with van der Waals surface area (Å²) in [5.74, 6) is -2.03. The molecule has 0 aromatic heterocycles. The summed E-state index contributed by atoms with van der Waals surface area (Å²) in [6, 6.07) is 30.7. The Morgan fingerprint density at radius 3 is 1.59 bits per heavy atom. The van der Waals surface area contributed by atoms with Crippen LogP contribution in [0.15, 0.2) is 104 Å².